The zero-order chi connectivity index (χ0) is 14.0. The number of carboxylic acid groups (broad SMARTS) is 1. The van der Waals surface area contributed by atoms with Crippen molar-refractivity contribution in [2.75, 3.05) is 5.32 Å². The topological polar surface area (TPSA) is 49.3 Å². The van der Waals surface area contributed by atoms with Crippen LogP contribution in [-0.4, -0.2) is 11.1 Å². The lowest BCUT2D eigenvalue weighted by Crippen LogP contribution is -2.04. The van der Waals surface area contributed by atoms with Crippen LogP contribution in [0.2, 0.25) is 0 Å². The van der Waals surface area contributed by atoms with Gasteiger partial charge in [0.25, 0.3) is 0 Å². The highest BCUT2D eigenvalue weighted by Crippen LogP contribution is 2.25. The van der Waals surface area contributed by atoms with Crippen molar-refractivity contribution >= 4 is 17.3 Å². The van der Waals surface area contributed by atoms with E-state index in [9.17, 15) is 18.0 Å². The first-order valence-corrected chi connectivity index (χ1v) is 5.23. The fourth-order valence-electron chi connectivity index (χ4n) is 1.57. The number of rotatable bonds is 3. The number of halogens is 3. The molecule has 0 saturated carbocycles. The van der Waals surface area contributed by atoms with Gasteiger partial charge in [0.15, 0.2) is 11.6 Å². The highest BCUT2D eigenvalue weighted by atomic mass is 19.2. The summed E-state index contributed by atoms with van der Waals surface area (Å²) >= 11 is 0. The summed E-state index contributed by atoms with van der Waals surface area (Å²) in [6.45, 7) is 0. The third kappa shape index (κ3) is 2.67. The van der Waals surface area contributed by atoms with Gasteiger partial charge in [-0.25, -0.2) is 18.0 Å². The van der Waals surface area contributed by atoms with Gasteiger partial charge in [0.05, 0.1) is 16.9 Å². The number of benzene rings is 2. The van der Waals surface area contributed by atoms with Crippen molar-refractivity contribution in [1.29, 1.82) is 0 Å². The molecule has 0 unspecified atom stereocenters. The van der Waals surface area contributed by atoms with Crippen LogP contribution in [-0.2, 0) is 0 Å². The van der Waals surface area contributed by atoms with Crippen LogP contribution in [0.15, 0.2) is 36.4 Å². The molecule has 0 aliphatic heterocycles. The van der Waals surface area contributed by atoms with Gasteiger partial charge in [-0.15, -0.1) is 0 Å². The van der Waals surface area contributed by atoms with Gasteiger partial charge >= 0.3 is 5.97 Å². The average Bonchev–Trinajstić information content (AvgIpc) is 2.35. The van der Waals surface area contributed by atoms with Crippen LogP contribution < -0.4 is 5.32 Å². The van der Waals surface area contributed by atoms with Crippen LogP contribution in [0.1, 0.15) is 10.4 Å². The molecular formula is C13H8F3NO2. The Morgan fingerprint density at radius 3 is 2.42 bits per heavy atom. The number of hydrogen-bond donors (Lipinski definition) is 2. The normalized spacial score (nSPS) is 10.3. The van der Waals surface area contributed by atoms with E-state index in [4.69, 9.17) is 5.11 Å². The Hall–Kier alpha value is -2.50. The minimum Gasteiger partial charge on any atom is -0.478 e. The molecular weight excluding hydrogens is 259 g/mol. The van der Waals surface area contributed by atoms with Gasteiger partial charge in [-0.05, 0) is 12.1 Å². The molecule has 0 atom stereocenters. The SMILES string of the molecule is O=C(O)c1ccccc1Nc1cc(F)cc(F)c1F. The first-order chi connectivity index (χ1) is 8.99. The van der Waals surface area contributed by atoms with Crippen molar-refractivity contribution in [2.24, 2.45) is 0 Å². The number of aromatic carboxylic acids is 1. The Kier molecular flexibility index (Phi) is 3.41. The van der Waals surface area contributed by atoms with E-state index in [0.717, 1.165) is 6.07 Å². The molecule has 19 heavy (non-hydrogen) atoms. The van der Waals surface area contributed by atoms with E-state index in [-0.39, 0.29) is 11.3 Å². The van der Waals surface area contributed by atoms with Gasteiger partial charge < -0.3 is 10.4 Å². The van der Waals surface area contributed by atoms with Crippen molar-refractivity contribution in [3.63, 3.8) is 0 Å². The van der Waals surface area contributed by atoms with Crippen LogP contribution in [0.5, 0.6) is 0 Å². The molecule has 0 radical (unpaired) electrons. The van der Waals surface area contributed by atoms with Crippen LogP contribution >= 0.6 is 0 Å². The summed E-state index contributed by atoms with van der Waals surface area (Å²) in [4.78, 5) is 10.9. The maximum atomic E-state index is 13.4. The largest absolute Gasteiger partial charge is 0.478 e. The van der Waals surface area contributed by atoms with Crippen LogP contribution in [0.25, 0.3) is 0 Å². The number of anilines is 2. The molecule has 0 saturated heterocycles. The number of carbonyl (C=O) groups is 1. The average molecular weight is 267 g/mol. The van der Waals surface area contributed by atoms with E-state index in [0.29, 0.717) is 6.07 Å². The molecule has 0 aromatic heterocycles. The number of nitrogens with one attached hydrogen (secondary N) is 1. The maximum Gasteiger partial charge on any atom is 0.337 e. The molecule has 0 fully saturated rings. The number of hydrogen-bond acceptors (Lipinski definition) is 2. The molecule has 0 bridgehead atoms. The predicted octanol–water partition coefficient (Wildman–Crippen LogP) is 3.55. The van der Waals surface area contributed by atoms with E-state index in [1.807, 2.05) is 0 Å². The summed E-state index contributed by atoms with van der Waals surface area (Å²) in [6, 6.07) is 6.81. The molecule has 98 valence electrons. The molecule has 2 rings (SSSR count). The standard InChI is InChI=1S/C13H8F3NO2/c14-7-5-9(15)12(16)11(6-7)17-10-4-2-1-3-8(10)13(18)19/h1-6,17H,(H,18,19). The van der Waals surface area contributed by atoms with Crippen molar-refractivity contribution in [3.8, 4) is 0 Å². The Morgan fingerprint density at radius 1 is 1.05 bits per heavy atom. The van der Waals surface area contributed by atoms with Gasteiger partial charge in [-0.1, -0.05) is 12.1 Å². The summed E-state index contributed by atoms with van der Waals surface area (Å²) < 4.78 is 39.5. The van der Waals surface area contributed by atoms with Gasteiger partial charge in [-0.3, -0.25) is 0 Å². The van der Waals surface area contributed by atoms with Crippen molar-refractivity contribution in [2.45, 2.75) is 0 Å². The van der Waals surface area contributed by atoms with Gasteiger partial charge in [0.1, 0.15) is 5.82 Å². The van der Waals surface area contributed by atoms with Crippen LogP contribution in [0.3, 0.4) is 0 Å². The Bertz CT molecular complexity index is 644. The molecule has 3 nitrogen and oxygen atoms in total. The molecule has 0 aliphatic carbocycles. The zero-order valence-corrected chi connectivity index (χ0v) is 9.45. The first-order valence-electron chi connectivity index (χ1n) is 5.23. The lowest BCUT2D eigenvalue weighted by atomic mass is 10.1. The number of para-hydroxylation sites is 1. The Morgan fingerprint density at radius 2 is 1.74 bits per heavy atom. The van der Waals surface area contributed by atoms with E-state index in [2.05, 4.69) is 5.32 Å². The van der Waals surface area contributed by atoms with E-state index in [1.54, 1.807) is 0 Å². The molecule has 6 heteroatoms. The summed E-state index contributed by atoms with van der Waals surface area (Å²) in [5, 5.41) is 11.3. The predicted molar refractivity (Wildman–Crippen MR) is 63.0 cm³/mol. The second-order valence-electron chi connectivity index (χ2n) is 3.72. The monoisotopic (exact) mass is 267 g/mol. The highest BCUT2D eigenvalue weighted by Gasteiger charge is 2.14. The second kappa shape index (κ2) is 5.01. The summed E-state index contributed by atoms with van der Waals surface area (Å²) in [5.74, 6) is -4.83. The second-order valence-corrected chi connectivity index (χ2v) is 3.72. The van der Waals surface area contributed by atoms with E-state index in [1.165, 1.54) is 24.3 Å². The summed E-state index contributed by atoms with van der Waals surface area (Å²) in [6.07, 6.45) is 0. The molecule has 0 heterocycles. The lowest BCUT2D eigenvalue weighted by Gasteiger charge is -2.10. The van der Waals surface area contributed by atoms with Gasteiger partial charge in [0, 0.05) is 12.1 Å². The smallest absolute Gasteiger partial charge is 0.337 e. The Labute approximate surface area is 106 Å². The lowest BCUT2D eigenvalue weighted by molar-refractivity contribution is 0.0698. The fourth-order valence-corrected chi connectivity index (χ4v) is 1.57. The van der Waals surface area contributed by atoms with E-state index < -0.39 is 29.1 Å². The Balaban J connectivity index is 2.45. The van der Waals surface area contributed by atoms with Crippen molar-refractivity contribution < 1.29 is 23.1 Å². The zero-order valence-electron chi connectivity index (χ0n) is 9.45. The van der Waals surface area contributed by atoms with E-state index >= 15 is 0 Å². The minimum atomic E-state index is -1.35. The third-order valence-corrected chi connectivity index (χ3v) is 2.42. The van der Waals surface area contributed by atoms with Gasteiger partial charge in [-0.2, -0.15) is 0 Å². The molecule has 0 aliphatic rings. The molecule has 0 amide bonds. The minimum absolute atomic E-state index is 0.0406. The van der Waals surface area contributed by atoms with Crippen molar-refractivity contribution in [1.82, 2.24) is 0 Å². The van der Waals surface area contributed by atoms with Crippen LogP contribution in [0, 0.1) is 17.5 Å². The summed E-state index contributed by atoms with van der Waals surface area (Å²) in [5.41, 5.74) is -0.559. The summed E-state index contributed by atoms with van der Waals surface area (Å²) in [7, 11) is 0. The maximum absolute atomic E-state index is 13.4. The fraction of sp³-hybridized carbons (Fsp3) is 0. The molecule has 2 N–H and O–H groups in total. The first kappa shape index (κ1) is 12.9. The molecule has 0 spiro atoms. The molecule has 2 aromatic carbocycles. The number of carboxylic acids is 1. The van der Waals surface area contributed by atoms with Crippen LogP contribution in [0.4, 0.5) is 24.5 Å². The highest BCUT2D eigenvalue weighted by molar-refractivity contribution is 5.95. The third-order valence-electron chi connectivity index (χ3n) is 2.42. The molecule has 2 aromatic rings. The van der Waals surface area contributed by atoms with Crippen molar-refractivity contribution in [3.05, 3.63) is 59.4 Å². The quantitative estimate of drug-likeness (QED) is 0.836. The van der Waals surface area contributed by atoms with Gasteiger partial charge in [0.2, 0.25) is 0 Å².